The maximum atomic E-state index is 12.8. The number of hydrogen-bond acceptors (Lipinski definition) is 4. The van der Waals surface area contributed by atoms with E-state index in [0.29, 0.717) is 29.4 Å². The number of ether oxygens (including phenoxy) is 2. The van der Waals surface area contributed by atoms with Crippen LogP contribution in [0.4, 0.5) is 0 Å². The molecule has 4 heteroatoms. The van der Waals surface area contributed by atoms with Crippen LogP contribution in [-0.4, -0.2) is 24.1 Å². The summed E-state index contributed by atoms with van der Waals surface area (Å²) >= 11 is 0. The molecule has 0 aliphatic heterocycles. The molecule has 0 heterocycles. The van der Waals surface area contributed by atoms with Gasteiger partial charge >= 0.3 is 11.9 Å². The third kappa shape index (κ3) is 11.3. The first-order valence-electron chi connectivity index (χ1n) is 18.5. The molecule has 0 aromatic heterocycles. The van der Waals surface area contributed by atoms with Crippen LogP contribution in [0.1, 0.15) is 181 Å². The number of benzene rings is 2. The van der Waals surface area contributed by atoms with Crippen LogP contribution < -0.4 is 0 Å². The summed E-state index contributed by atoms with van der Waals surface area (Å²) in [5, 5.41) is 0. The lowest BCUT2D eigenvalue weighted by molar-refractivity contribution is 0.00763. The van der Waals surface area contributed by atoms with Crippen LogP contribution in [0.2, 0.25) is 0 Å². The Labute approximate surface area is 274 Å². The van der Waals surface area contributed by atoms with Gasteiger partial charge in [-0.05, 0) is 124 Å². The van der Waals surface area contributed by atoms with Crippen molar-refractivity contribution in [3.05, 3.63) is 70.8 Å². The van der Waals surface area contributed by atoms with E-state index in [2.05, 4.69) is 38.1 Å². The molecule has 0 spiro atoms. The predicted molar refractivity (Wildman–Crippen MR) is 185 cm³/mol. The van der Waals surface area contributed by atoms with Crippen molar-refractivity contribution < 1.29 is 19.1 Å². The zero-order valence-corrected chi connectivity index (χ0v) is 28.7. The molecule has 2 aliphatic rings. The summed E-state index contributed by atoms with van der Waals surface area (Å²) in [5.41, 5.74) is 3.83. The van der Waals surface area contributed by atoms with E-state index in [4.69, 9.17) is 9.47 Å². The molecule has 248 valence electrons. The lowest BCUT2D eigenvalue weighted by atomic mass is 9.77. The molecule has 0 saturated heterocycles. The molecule has 0 N–H and O–H groups in total. The Balaban J connectivity index is 1.16. The monoisotopic (exact) mass is 616 g/mol. The third-order valence-corrected chi connectivity index (χ3v) is 10.6. The van der Waals surface area contributed by atoms with Crippen molar-refractivity contribution in [2.75, 3.05) is 0 Å². The van der Waals surface area contributed by atoms with Gasteiger partial charge in [0.2, 0.25) is 0 Å². The van der Waals surface area contributed by atoms with E-state index < -0.39 is 0 Å². The lowest BCUT2D eigenvalue weighted by Crippen LogP contribution is -2.23. The van der Waals surface area contributed by atoms with Crippen LogP contribution in [0.15, 0.2) is 48.5 Å². The SMILES string of the molecule is CCCCC[C@H]1CC[C@H](c2ccc(C(=O)O[C@H](C)C[C@@H](C)OC(=O)c3ccc([C@H]4CC[C@H](CCCCC)CC4)cc3)cc2)CC1. The predicted octanol–water partition coefficient (Wildman–Crippen LogP) is 11.6. The first-order chi connectivity index (χ1) is 21.9. The fourth-order valence-corrected chi connectivity index (χ4v) is 7.78. The summed E-state index contributed by atoms with van der Waals surface area (Å²) in [6.45, 7) is 8.27. The highest BCUT2D eigenvalue weighted by molar-refractivity contribution is 5.90. The molecule has 45 heavy (non-hydrogen) atoms. The highest BCUT2D eigenvalue weighted by Gasteiger charge is 2.24. The van der Waals surface area contributed by atoms with Gasteiger partial charge in [-0.1, -0.05) is 89.5 Å². The largest absolute Gasteiger partial charge is 0.459 e. The van der Waals surface area contributed by atoms with E-state index in [-0.39, 0.29) is 24.1 Å². The van der Waals surface area contributed by atoms with E-state index >= 15 is 0 Å². The number of hydrogen-bond donors (Lipinski definition) is 0. The van der Waals surface area contributed by atoms with E-state index in [1.165, 1.54) is 114 Å². The summed E-state index contributed by atoms with van der Waals surface area (Å²) in [4.78, 5) is 25.7. The van der Waals surface area contributed by atoms with Gasteiger partial charge in [-0.3, -0.25) is 0 Å². The van der Waals surface area contributed by atoms with Crippen molar-refractivity contribution in [2.45, 2.75) is 161 Å². The minimum atomic E-state index is -0.359. The second kappa shape index (κ2) is 18.5. The molecule has 2 aromatic carbocycles. The third-order valence-electron chi connectivity index (χ3n) is 10.6. The topological polar surface area (TPSA) is 52.6 Å². The van der Waals surface area contributed by atoms with E-state index in [0.717, 1.165) is 11.8 Å². The van der Waals surface area contributed by atoms with Gasteiger partial charge in [0.05, 0.1) is 11.1 Å². The second-order valence-electron chi connectivity index (χ2n) is 14.3. The molecule has 2 atom stereocenters. The van der Waals surface area contributed by atoms with Crippen LogP contribution in [0.5, 0.6) is 0 Å². The Morgan fingerprint density at radius 2 is 0.933 bits per heavy atom. The number of rotatable bonds is 16. The summed E-state index contributed by atoms with van der Waals surface area (Å²) in [5.74, 6) is 2.35. The molecule has 0 radical (unpaired) electrons. The van der Waals surface area contributed by atoms with Crippen LogP contribution in [0.3, 0.4) is 0 Å². The average Bonchev–Trinajstić information content (AvgIpc) is 3.05. The van der Waals surface area contributed by atoms with Gasteiger partial charge in [0.1, 0.15) is 12.2 Å². The normalized spacial score (nSPS) is 23.2. The van der Waals surface area contributed by atoms with Crippen LogP contribution in [0, 0.1) is 11.8 Å². The fourth-order valence-electron chi connectivity index (χ4n) is 7.78. The van der Waals surface area contributed by atoms with Crippen molar-refractivity contribution in [2.24, 2.45) is 11.8 Å². The Morgan fingerprint density at radius 1 is 0.578 bits per heavy atom. The summed E-state index contributed by atoms with van der Waals surface area (Å²) in [6.07, 6.45) is 20.8. The zero-order chi connectivity index (χ0) is 32.0. The molecule has 2 fully saturated rings. The first kappa shape index (κ1) is 35.2. The maximum Gasteiger partial charge on any atom is 0.338 e. The maximum absolute atomic E-state index is 12.8. The molecule has 0 unspecified atom stereocenters. The van der Waals surface area contributed by atoms with Gasteiger partial charge in [-0.25, -0.2) is 9.59 Å². The summed E-state index contributed by atoms with van der Waals surface area (Å²) in [6, 6.07) is 16.1. The molecule has 0 bridgehead atoms. The number of esters is 2. The Kier molecular flexibility index (Phi) is 14.5. The standard InChI is InChI=1S/C41H60O4/c1-5-7-9-11-32-13-17-34(18-14-32)36-21-25-38(26-22-36)40(42)44-30(3)29-31(4)45-41(43)39-27-23-37(24-28-39)35-19-15-33(16-20-35)12-10-8-6-2/h21-28,30-35H,5-20,29H2,1-4H3/t30-,31-,32-,33-,34-,35-/m1/s1. The quantitative estimate of drug-likeness (QED) is 0.139. The van der Waals surface area contributed by atoms with Crippen molar-refractivity contribution in [3.8, 4) is 0 Å². The van der Waals surface area contributed by atoms with Crippen LogP contribution in [-0.2, 0) is 9.47 Å². The molecule has 2 saturated carbocycles. The van der Waals surface area contributed by atoms with Gasteiger partial charge in [0, 0.05) is 6.42 Å². The molecule has 4 nitrogen and oxygen atoms in total. The van der Waals surface area contributed by atoms with Crippen LogP contribution >= 0.6 is 0 Å². The number of carbonyl (C=O) groups is 2. The second-order valence-corrected chi connectivity index (χ2v) is 14.3. The van der Waals surface area contributed by atoms with Gasteiger partial charge in [-0.15, -0.1) is 0 Å². The van der Waals surface area contributed by atoms with Crippen LogP contribution in [0.25, 0.3) is 0 Å². The van der Waals surface area contributed by atoms with Crippen molar-refractivity contribution in [1.82, 2.24) is 0 Å². The average molecular weight is 617 g/mol. The first-order valence-corrected chi connectivity index (χ1v) is 18.5. The van der Waals surface area contributed by atoms with Gasteiger partial charge < -0.3 is 9.47 Å². The van der Waals surface area contributed by atoms with Gasteiger partial charge in [0.25, 0.3) is 0 Å². The highest BCUT2D eigenvalue weighted by atomic mass is 16.6. The minimum Gasteiger partial charge on any atom is -0.459 e. The molecule has 2 aliphatic carbocycles. The van der Waals surface area contributed by atoms with E-state index in [1.54, 1.807) is 0 Å². The van der Waals surface area contributed by atoms with E-state index in [1.807, 2.05) is 38.1 Å². The highest BCUT2D eigenvalue weighted by Crippen LogP contribution is 2.39. The molecular formula is C41H60O4. The smallest absolute Gasteiger partial charge is 0.338 e. The molecular weight excluding hydrogens is 556 g/mol. The Morgan fingerprint density at radius 3 is 1.27 bits per heavy atom. The molecule has 0 amide bonds. The summed E-state index contributed by atoms with van der Waals surface area (Å²) in [7, 11) is 0. The van der Waals surface area contributed by atoms with Crippen molar-refractivity contribution >= 4 is 11.9 Å². The van der Waals surface area contributed by atoms with E-state index in [9.17, 15) is 9.59 Å². The molecule has 2 aromatic rings. The number of unbranched alkanes of at least 4 members (excludes halogenated alkanes) is 4. The van der Waals surface area contributed by atoms with Gasteiger partial charge in [-0.2, -0.15) is 0 Å². The minimum absolute atomic E-state index is 0.321. The Hall–Kier alpha value is -2.62. The summed E-state index contributed by atoms with van der Waals surface area (Å²) < 4.78 is 11.5. The molecule has 4 rings (SSSR count). The van der Waals surface area contributed by atoms with Gasteiger partial charge in [0.15, 0.2) is 0 Å². The van der Waals surface area contributed by atoms with Crippen molar-refractivity contribution in [3.63, 3.8) is 0 Å². The Bertz CT molecular complexity index is 1050. The lowest BCUT2D eigenvalue weighted by Gasteiger charge is -2.29. The fraction of sp³-hybridized carbons (Fsp3) is 0.659. The number of carbonyl (C=O) groups excluding carboxylic acids is 2. The van der Waals surface area contributed by atoms with Crippen molar-refractivity contribution in [1.29, 1.82) is 0 Å². The zero-order valence-electron chi connectivity index (χ0n) is 28.7.